The lowest BCUT2D eigenvalue weighted by atomic mass is 9.97. The van der Waals surface area contributed by atoms with Crippen molar-refractivity contribution in [2.24, 2.45) is 5.92 Å². The van der Waals surface area contributed by atoms with Crippen LogP contribution in [-0.2, 0) is 14.4 Å². The number of carbonyl (C=O) groups excluding carboxylic acids is 3. The first-order chi connectivity index (χ1) is 15.3. The van der Waals surface area contributed by atoms with Crippen LogP contribution in [0.3, 0.4) is 0 Å². The predicted octanol–water partition coefficient (Wildman–Crippen LogP) is 2.40. The fourth-order valence-corrected chi connectivity index (χ4v) is 4.73. The highest BCUT2D eigenvalue weighted by atomic mass is 32.1. The number of benzene rings is 1. The second kappa shape index (κ2) is 9.25. The number of hydrogen-bond acceptors (Lipinski definition) is 7. The molecule has 1 atom stereocenters. The van der Waals surface area contributed by atoms with Crippen LogP contribution in [0.25, 0.3) is 0 Å². The van der Waals surface area contributed by atoms with Gasteiger partial charge in [0.15, 0.2) is 11.7 Å². The number of nitrogens with zero attached hydrogens (tertiary/aromatic N) is 3. The molecule has 1 aromatic carbocycles. The third-order valence-corrected chi connectivity index (χ3v) is 6.82. The van der Waals surface area contributed by atoms with Crippen molar-refractivity contribution in [2.75, 3.05) is 48.8 Å². The maximum atomic E-state index is 12.9. The predicted molar refractivity (Wildman–Crippen MR) is 123 cm³/mol. The molecule has 1 aromatic heterocycles. The Morgan fingerprint density at radius 1 is 1.28 bits per heavy atom. The molecule has 3 amide bonds. The highest BCUT2D eigenvalue weighted by molar-refractivity contribution is 7.15. The molecule has 0 spiro atoms. The number of likely N-dealkylation sites (tertiary alicyclic amines) is 1. The number of aryl methyl sites for hydroxylation is 2. The molecule has 0 saturated carbocycles. The van der Waals surface area contributed by atoms with E-state index in [1.807, 2.05) is 18.7 Å². The number of rotatable bonds is 5. The molecule has 2 N–H and O–H groups in total. The average Bonchev–Trinajstić information content (AvgIpc) is 3.07. The lowest BCUT2D eigenvalue weighted by Crippen LogP contribution is -2.44. The van der Waals surface area contributed by atoms with Crippen molar-refractivity contribution in [1.29, 1.82) is 0 Å². The fraction of sp³-hybridized carbons (Fsp3) is 0.455. The number of hydrogen-bond donors (Lipinski definition) is 2. The summed E-state index contributed by atoms with van der Waals surface area (Å²) in [5.41, 5.74) is 2.17. The van der Waals surface area contributed by atoms with Crippen LogP contribution in [0.4, 0.5) is 16.5 Å². The van der Waals surface area contributed by atoms with Crippen molar-refractivity contribution in [3.63, 3.8) is 0 Å². The van der Waals surface area contributed by atoms with Crippen LogP contribution in [0, 0.1) is 19.8 Å². The molecule has 0 aliphatic carbocycles. The largest absolute Gasteiger partial charge is 0.482 e. The van der Waals surface area contributed by atoms with Crippen molar-refractivity contribution < 1.29 is 19.1 Å². The summed E-state index contributed by atoms with van der Waals surface area (Å²) < 4.78 is 5.43. The molecule has 1 fully saturated rings. The molecular formula is C22H27N5O4S. The SMILES string of the molecule is Cc1nc(NC(=O)CN2CCCC(C(=O)Nc3ccc4c(c3)N(C)C(=O)CO4)C2)sc1C. The van der Waals surface area contributed by atoms with E-state index in [2.05, 4.69) is 15.6 Å². The van der Waals surface area contributed by atoms with Crippen molar-refractivity contribution in [3.05, 3.63) is 28.8 Å². The minimum Gasteiger partial charge on any atom is -0.482 e. The number of amides is 3. The lowest BCUT2D eigenvalue weighted by Gasteiger charge is -2.31. The van der Waals surface area contributed by atoms with Gasteiger partial charge in [-0.3, -0.25) is 19.3 Å². The van der Waals surface area contributed by atoms with Crippen molar-refractivity contribution in [2.45, 2.75) is 26.7 Å². The van der Waals surface area contributed by atoms with Crippen molar-refractivity contribution in [3.8, 4) is 5.75 Å². The third kappa shape index (κ3) is 4.91. The van der Waals surface area contributed by atoms with Crippen LogP contribution in [-0.4, -0.2) is 60.9 Å². The van der Waals surface area contributed by atoms with Gasteiger partial charge in [-0.05, 0) is 51.4 Å². The zero-order valence-corrected chi connectivity index (χ0v) is 19.3. The van der Waals surface area contributed by atoms with Crippen LogP contribution < -0.4 is 20.3 Å². The summed E-state index contributed by atoms with van der Waals surface area (Å²) in [5.74, 6) is 0.0532. The number of anilines is 3. The molecule has 32 heavy (non-hydrogen) atoms. The number of piperidine rings is 1. The van der Waals surface area contributed by atoms with Crippen LogP contribution in [0.1, 0.15) is 23.4 Å². The highest BCUT2D eigenvalue weighted by Crippen LogP contribution is 2.34. The van der Waals surface area contributed by atoms with E-state index < -0.39 is 0 Å². The maximum absolute atomic E-state index is 12.9. The van der Waals surface area contributed by atoms with Gasteiger partial charge in [0.1, 0.15) is 5.75 Å². The number of fused-ring (bicyclic) bond motifs is 1. The number of aromatic nitrogens is 1. The summed E-state index contributed by atoms with van der Waals surface area (Å²) >= 11 is 1.46. The Balaban J connectivity index is 1.33. The normalized spacial score (nSPS) is 18.7. The Hall–Kier alpha value is -2.98. The van der Waals surface area contributed by atoms with Crippen LogP contribution in [0.5, 0.6) is 5.75 Å². The van der Waals surface area contributed by atoms with E-state index in [-0.39, 0.29) is 36.8 Å². The number of likely N-dealkylation sites (N-methyl/N-ethyl adjacent to an activating group) is 1. The van der Waals surface area contributed by atoms with E-state index in [9.17, 15) is 14.4 Å². The Labute approximate surface area is 190 Å². The number of thiazole rings is 1. The molecule has 3 heterocycles. The monoisotopic (exact) mass is 457 g/mol. The van der Waals surface area contributed by atoms with Gasteiger partial charge in [0.2, 0.25) is 11.8 Å². The Morgan fingerprint density at radius 3 is 2.84 bits per heavy atom. The first-order valence-corrected chi connectivity index (χ1v) is 11.4. The second-order valence-corrected chi connectivity index (χ2v) is 9.40. The number of nitrogens with one attached hydrogen (secondary N) is 2. The fourth-order valence-electron chi connectivity index (χ4n) is 3.90. The Kier molecular flexibility index (Phi) is 6.43. The third-order valence-electron chi connectivity index (χ3n) is 5.83. The molecule has 1 saturated heterocycles. The molecule has 0 bridgehead atoms. The molecule has 2 aliphatic rings. The minimum atomic E-state index is -0.215. The van der Waals surface area contributed by atoms with E-state index >= 15 is 0 Å². The van der Waals surface area contributed by atoms with Gasteiger partial charge in [-0.15, -0.1) is 11.3 Å². The summed E-state index contributed by atoms with van der Waals surface area (Å²) in [6.45, 7) is 5.42. The van der Waals surface area contributed by atoms with E-state index in [1.54, 1.807) is 25.2 Å². The molecule has 170 valence electrons. The maximum Gasteiger partial charge on any atom is 0.264 e. The quantitative estimate of drug-likeness (QED) is 0.715. The van der Waals surface area contributed by atoms with E-state index in [4.69, 9.17) is 4.74 Å². The van der Waals surface area contributed by atoms with Gasteiger partial charge in [-0.2, -0.15) is 0 Å². The molecule has 10 heteroatoms. The van der Waals surface area contributed by atoms with E-state index in [0.29, 0.717) is 28.8 Å². The van der Waals surface area contributed by atoms with Gasteiger partial charge < -0.3 is 20.3 Å². The van der Waals surface area contributed by atoms with Gasteiger partial charge in [0, 0.05) is 24.2 Å². The van der Waals surface area contributed by atoms with Gasteiger partial charge >= 0.3 is 0 Å². The first-order valence-electron chi connectivity index (χ1n) is 10.6. The molecule has 4 rings (SSSR count). The Morgan fingerprint density at radius 2 is 2.09 bits per heavy atom. The summed E-state index contributed by atoms with van der Waals surface area (Å²) in [7, 11) is 1.69. The van der Waals surface area contributed by atoms with E-state index in [1.165, 1.54) is 16.2 Å². The Bertz CT molecular complexity index is 1030. The zero-order valence-electron chi connectivity index (χ0n) is 18.4. The lowest BCUT2D eigenvalue weighted by molar-refractivity contribution is -0.123. The summed E-state index contributed by atoms with van der Waals surface area (Å²) in [6.07, 6.45) is 1.61. The van der Waals surface area contributed by atoms with Gasteiger partial charge in [-0.1, -0.05) is 0 Å². The van der Waals surface area contributed by atoms with Crippen molar-refractivity contribution in [1.82, 2.24) is 9.88 Å². The molecule has 0 radical (unpaired) electrons. The van der Waals surface area contributed by atoms with E-state index in [0.717, 1.165) is 30.0 Å². The van der Waals surface area contributed by atoms with Crippen LogP contribution in [0.2, 0.25) is 0 Å². The molecular weight excluding hydrogens is 430 g/mol. The highest BCUT2D eigenvalue weighted by Gasteiger charge is 2.28. The van der Waals surface area contributed by atoms with Gasteiger partial charge in [0.05, 0.1) is 23.8 Å². The number of carbonyl (C=O) groups is 3. The summed E-state index contributed by atoms with van der Waals surface area (Å²) in [6, 6.07) is 5.27. The molecule has 9 nitrogen and oxygen atoms in total. The molecule has 2 aromatic rings. The van der Waals surface area contributed by atoms with Gasteiger partial charge in [-0.25, -0.2) is 4.98 Å². The topological polar surface area (TPSA) is 104 Å². The average molecular weight is 458 g/mol. The smallest absolute Gasteiger partial charge is 0.264 e. The summed E-state index contributed by atoms with van der Waals surface area (Å²) in [4.78, 5) is 46.1. The number of ether oxygens (including phenoxy) is 1. The summed E-state index contributed by atoms with van der Waals surface area (Å²) in [5, 5.41) is 6.41. The van der Waals surface area contributed by atoms with Crippen LogP contribution >= 0.6 is 11.3 Å². The van der Waals surface area contributed by atoms with Crippen molar-refractivity contribution >= 4 is 45.6 Å². The van der Waals surface area contributed by atoms with Crippen LogP contribution in [0.15, 0.2) is 18.2 Å². The molecule has 1 unspecified atom stereocenters. The second-order valence-electron chi connectivity index (χ2n) is 8.20. The van der Waals surface area contributed by atoms with Gasteiger partial charge in [0.25, 0.3) is 5.91 Å². The zero-order chi connectivity index (χ0) is 22.8. The minimum absolute atomic E-state index is 0.0163. The molecule has 2 aliphatic heterocycles. The first kappa shape index (κ1) is 22.2. The standard InChI is InChI=1S/C22H27N5O4S/c1-13-14(2)32-22(23-13)25-19(28)11-27-8-4-5-15(10-27)21(30)24-16-6-7-18-17(9-16)26(3)20(29)12-31-18/h6-7,9,15H,4-5,8,10-12H2,1-3H3,(H,24,30)(H,23,25,28).